The number of methoxy groups -OCH3 is 1. The molecule has 2 aromatic rings. The molecule has 2 aromatic carbocycles. The van der Waals surface area contributed by atoms with Gasteiger partial charge < -0.3 is 15.0 Å². The lowest BCUT2D eigenvalue weighted by atomic mass is 9.99. The van der Waals surface area contributed by atoms with E-state index in [0.29, 0.717) is 12.1 Å². The predicted molar refractivity (Wildman–Crippen MR) is 114 cm³/mol. The number of likely N-dealkylation sites (tertiary alicyclic amines) is 1. The first-order valence-corrected chi connectivity index (χ1v) is 10.3. The first kappa shape index (κ1) is 21.0. The Morgan fingerprint density at radius 3 is 2.61 bits per heavy atom. The van der Waals surface area contributed by atoms with E-state index in [1.54, 1.807) is 13.2 Å². The molecule has 3 rings (SSSR count). The Morgan fingerprint density at radius 2 is 1.86 bits per heavy atom. The molecule has 0 spiro atoms. The van der Waals surface area contributed by atoms with Gasteiger partial charge in [-0.2, -0.15) is 0 Å². The molecule has 1 aliphatic heterocycles. The lowest BCUT2D eigenvalue weighted by Gasteiger charge is -2.23. The molecule has 0 radical (unpaired) electrons. The van der Waals surface area contributed by atoms with Crippen molar-refractivity contribution in [1.82, 2.24) is 10.2 Å². The van der Waals surface area contributed by atoms with E-state index in [1.807, 2.05) is 38.1 Å². The highest BCUT2D eigenvalue weighted by atomic mass is 19.1. The molecule has 28 heavy (non-hydrogen) atoms. The molecule has 0 aliphatic carbocycles. The summed E-state index contributed by atoms with van der Waals surface area (Å²) in [5.74, 6) is -0.169. The summed E-state index contributed by atoms with van der Waals surface area (Å²) in [6, 6.07) is 13.7. The first-order valence-electron chi connectivity index (χ1n) is 10.3. The van der Waals surface area contributed by atoms with Crippen LogP contribution >= 0.6 is 0 Å². The Kier molecular flexibility index (Phi) is 7.22. The molecule has 1 aliphatic rings. The summed E-state index contributed by atoms with van der Waals surface area (Å²) < 4.78 is 20.0. The summed E-state index contributed by atoms with van der Waals surface area (Å²) in [7, 11) is 1.72. The van der Waals surface area contributed by atoms with Crippen LogP contribution in [-0.2, 0) is 17.7 Å². The maximum atomic E-state index is 14.5. The molecular formula is C24H33FN2O. The van der Waals surface area contributed by atoms with E-state index < -0.39 is 0 Å². The molecule has 0 saturated carbocycles. The second-order valence-corrected chi connectivity index (χ2v) is 8.38. The zero-order valence-corrected chi connectivity index (χ0v) is 17.4. The van der Waals surface area contributed by atoms with Gasteiger partial charge in [0.1, 0.15) is 5.82 Å². The molecule has 0 amide bonds. The predicted octanol–water partition coefficient (Wildman–Crippen LogP) is 4.65. The van der Waals surface area contributed by atoms with Crippen molar-refractivity contribution in [3.05, 3.63) is 59.4 Å². The number of hydrogen-bond donors (Lipinski definition) is 1. The van der Waals surface area contributed by atoms with Crippen molar-refractivity contribution in [3.63, 3.8) is 0 Å². The fraction of sp³-hybridized carbons (Fsp3) is 0.500. The summed E-state index contributed by atoms with van der Waals surface area (Å²) in [5, 5.41) is 3.40. The summed E-state index contributed by atoms with van der Waals surface area (Å²) >= 11 is 0. The Hall–Kier alpha value is -1.75. The van der Waals surface area contributed by atoms with Gasteiger partial charge in [-0.25, -0.2) is 4.39 Å². The topological polar surface area (TPSA) is 24.5 Å². The van der Waals surface area contributed by atoms with Gasteiger partial charge >= 0.3 is 0 Å². The Balaban J connectivity index is 1.67. The lowest BCUT2D eigenvalue weighted by Crippen LogP contribution is -2.36. The van der Waals surface area contributed by atoms with Gasteiger partial charge in [-0.05, 0) is 75.0 Å². The third kappa shape index (κ3) is 5.87. The molecule has 3 nitrogen and oxygen atoms in total. The van der Waals surface area contributed by atoms with Gasteiger partial charge in [0.05, 0.1) is 5.60 Å². The number of benzene rings is 2. The SMILES string of the molecule is COC(C)(C)CNCc1ccc(F)c(-c2cccc(CCN3CCCC3)c2)c1. The van der Waals surface area contributed by atoms with Crippen molar-refractivity contribution in [3.8, 4) is 11.1 Å². The van der Waals surface area contributed by atoms with E-state index in [0.717, 1.165) is 30.6 Å². The van der Waals surface area contributed by atoms with Gasteiger partial charge in [0.15, 0.2) is 0 Å². The third-order valence-corrected chi connectivity index (χ3v) is 5.62. The molecular weight excluding hydrogens is 351 g/mol. The normalized spacial score (nSPS) is 15.3. The van der Waals surface area contributed by atoms with Gasteiger partial charge in [0.25, 0.3) is 0 Å². The highest BCUT2D eigenvalue weighted by Crippen LogP contribution is 2.25. The van der Waals surface area contributed by atoms with Crippen LogP contribution in [0.1, 0.15) is 37.8 Å². The number of halogens is 1. The zero-order valence-electron chi connectivity index (χ0n) is 17.4. The van der Waals surface area contributed by atoms with E-state index in [-0.39, 0.29) is 11.4 Å². The largest absolute Gasteiger partial charge is 0.377 e. The smallest absolute Gasteiger partial charge is 0.131 e. The minimum Gasteiger partial charge on any atom is -0.377 e. The van der Waals surface area contributed by atoms with Crippen LogP contribution in [0.2, 0.25) is 0 Å². The summed E-state index contributed by atoms with van der Waals surface area (Å²) in [4.78, 5) is 2.51. The molecule has 0 bridgehead atoms. The molecule has 1 N–H and O–H groups in total. The van der Waals surface area contributed by atoms with Crippen LogP contribution in [0.25, 0.3) is 11.1 Å². The minimum atomic E-state index is -0.216. The van der Waals surface area contributed by atoms with E-state index >= 15 is 0 Å². The highest BCUT2D eigenvalue weighted by Gasteiger charge is 2.15. The Labute approximate surface area is 168 Å². The lowest BCUT2D eigenvalue weighted by molar-refractivity contribution is 0.0230. The fourth-order valence-corrected chi connectivity index (χ4v) is 3.67. The Bertz CT molecular complexity index is 769. The number of ether oxygens (including phenoxy) is 1. The van der Waals surface area contributed by atoms with Crippen LogP contribution in [0.4, 0.5) is 4.39 Å². The summed E-state index contributed by atoms with van der Waals surface area (Å²) in [6.07, 6.45) is 3.64. The monoisotopic (exact) mass is 384 g/mol. The van der Waals surface area contributed by atoms with Crippen molar-refractivity contribution in [1.29, 1.82) is 0 Å². The number of nitrogens with zero attached hydrogens (tertiary/aromatic N) is 1. The highest BCUT2D eigenvalue weighted by molar-refractivity contribution is 5.65. The molecule has 0 unspecified atom stereocenters. The average molecular weight is 385 g/mol. The van der Waals surface area contributed by atoms with E-state index in [2.05, 4.69) is 22.3 Å². The number of hydrogen-bond acceptors (Lipinski definition) is 3. The maximum Gasteiger partial charge on any atom is 0.131 e. The summed E-state index contributed by atoms with van der Waals surface area (Å²) in [5.41, 5.74) is 3.76. The molecule has 0 atom stereocenters. The molecule has 4 heteroatoms. The van der Waals surface area contributed by atoms with E-state index in [4.69, 9.17) is 4.74 Å². The van der Waals surface area contributed by atoms with Crippen molar-refractivity contribution in [2.75, 3.05) is 33.3 Å². The minimum absolute atomic E-state index is 0.169. The van der Waals surface area contributed by atoms with Crippen molar-refractivity contribution < 1.29 is 9.13 Å². The van der Waals surface area contributed by atoms with Crippen LogP contribution in [0.3, 0.4) is 0 Å². The van der Waals surface area contributed by atoms with Gasteiger partial charge in [-0.1, -0.05) is 30.3 Å². The van der Waals surface area contributed by atoms with Gasteiger partial charge in [-0.3, -0.25) is 0 Å². The van der Waals surface area contributed by atoms with Gasteiger partial charge in [0.2, 0.25) is 0 Å². The van der Waals surface area contributed by atoms with Crippen molar-refractivity contribution in [2.45, 2.75) is 45.3 Å². The van der Waals surface area contributed by atoms with Gasteiger partial charge in [0, 0.05) is 32.3 Å². The maximum absolute atomic E-state index is 14.5. The second-order valence-electron chi connectivity index (χ2n) is 8.38. The fourth-order valence-electron chi connectivity index (χ4n) is 3.67. The Morgan fingerprint density at radius 1 is 1.07 bits per heavy atom. The second kappa shape index (κ2) is 9.64. The van der Waals surface area contributed by atoms with Crippen LogP contribution in [0.15, 0.2) is 42.5 Å². The van der Waals surface area contributed by atoms with Crippen molar-refractivity contribution in [2.24, 2.45) is 0 Å². The van der Waals surface area contributed by atoms with Crippen LogP contribution in [0, 0.1) is 5.82 Å². The summed E-state index contributed by atoms with van der Waals surface area (Å²) in [6.45, 7) is 9.03. The zero-order chi connectivity index (χ0) is 20.0. The van der Waals surface area contributed by atoms with Crippen LogP contribution in [-0.4, -0.2) is 43.8 Å². The molecule has 1 saturated heterocycles. The average Bonchev–Trinajstić information content (AvgIpc) is 3.21. The molecule has 1 fully saturated rings. The first-order chi connectivity index (χ1) is 13.5. The molecule has 0 aromatic heterocycles. The molecule has 152 valence electrons. The van der Waals surface area contributed by atoms with Crippen LogP contribution in [0.5, 0.6) is 0 Å². The number of nitrogens with one attached hydrogen (secondary N) is 1. The van der Waals surface area contributed by atoms with Gasteiger partial charge in [-0.15, -0.1) is 0 Å². The van der Waals surface area contributed by atoms with E-state index in [1.165, 1.54) is 31.5 Å². The third-order valence-electron chi connectivity index (χ3n) is 5.62. The van der Waals surface area contributed by atoms with Crippen molar-refractivity contribution >= 4 is 0 Å². The van der Waals surface area contributed by atoms with E-state index in [9.17, 15) is 4.39 Å². The van der Waals surface area contributed by atoms with Crippen LogP contribution < -0.4 is 5.32 Å². The standard InChI is InChI=1S/C24H33FN2O/c1-24(2,28-3)18-26-17-20-9-10-23(25)22(16-20)21-8-6-7-19(15-21)11-14-27-12-4-5-13-27/h6-10,15-16,26H,4-5,11-14,17-18H2,1-3H3. The molecule has 1 heterocycles. The number of rotatable bonds is 9. The quantitative estimate of drug-likeness (QED) is 0.681.